The van der Waals surface area contributed by atoms with Gasteiger partial charge in [-0.1, -0.05) is 70.4 Å². The van der Waals surface area contributed by atoms with Crippen LogP contribution in [0.5, 0.6) is 11.5 Å². The third-order valence-corrected chi connectivity index (χ3v) is 7.32. The van der Waals surface area contributed by atoms with Gasteiger partial charge in [0.1, 0.15) is 6.61 Å². The van der Waals surface area contributed by atoms with Crippen LogP contribution in [0, 0.1) is 12.3 Å². The van der Waals surface area contributed by atoms with E-state index in [0.717, 1.165) is 5.56 Å². The van der Waals surface area contributed by atoms with Crippen molar-refractivity contribution in [3.8, 4) is 23.8 Å². The van der Waals surface area contributed by atoms with Gasteiger partial charge in [0.15, 0.2) is 16.3 Å². The van der Waals surface area contributed by atoms with Crippen LogP contribution in [0.3, 0.4) is 0 Å². The lowest BCUT2D eigenvalue weighted by molar-refractivity contribution is -0.136. The van der Waals surface area contributed by atoms with Crippen molar-refractivity contribution >= 4 is 39.3 Å². The van der Waals surface area contributed by atoms with Gasteiger partial charge < -0.3 is 14.2 Å². The standard InChI is InChI=1S/C27H23BrN2O5S/c1-5-12-35-21-15-18(28)17(13-20(21)33-3)14-22-25(31)30-24(16-10-8-7-9-11-16)23(26(32)34-4)19(6-2)29-27(30)36-22/h1,7-11,13-15,24H,6,12H2,2-4H3/b22-14-/t24-/m0/s1. The average Bonchev–Trinajstić information content (AvgIpc) is 3.21. The number of carbonyl (C=O) groups excluding carboxylic acids is 1. The summed E-state index contributed by atoms with van der Waals surface area (Å²) in [5, 5.41) is 0. The van der Waals surface area contributed by atoms with E-state index < -0.39 is 12.0 Å². The maximum atomic E-state index is 13.7. The van der Waals surface area contributed by atoms with Crippen molar-refractivity contribution in [2.75, 3.05) is 20.8 Å². The largest absolute Gasteiger partial charge is 0.493 e. The number of carbonyl (C=O) groups is 1. The fourth-order valence-corrected chi connectivity index (χ4v) is 5.46. The van der Waals surface area contributed by atoms with Gasteiger partial charge in [-0.05, 0) is 35.8 Å². The van der Waals surface area contributed by atoms with Crippen molar-refractivity contribution in [1.29, 1.82) is 0 Å². The van der Waals surface area contributed by atoms with Crippen molar-refractivity contribution < 1.29 is 19.0 Å². The summed E-state index contributed by atoms with van der Waals surface area (Å²) in [6.07, 6.45) is 7.58. The Kier molecular flexibility index (Phi) is 7.77. The number of rotatable bonds is 7. The average molecular weight is 567 g/mol. The topological polar surface area (TPSA) is 79.1 Å². The predicted octanol–water partition coefficient (Wildman–Crippen LogP) is 3.58. The monoisotopic (exact) mass is 566 g/mol. The predicted molar refractivity (Wildman–Crippen MR) is 142 cm³/mol. The minimum atomic E-state index is -0.649. The second-order valence-corrected chi connectivity index (χ2v) is 9.58. The second kappa shape index (κ2) is 11.0. The van der Waals surface area contributed by atoms with Crippen LogP contribution in [0.4, 0.5) is 0 Å². The molecule has 0 amide bonds. The van der Waals surface area contributed by atoms with Crippen LogP contribution in [-0.2, 0) is 9.53 Å². The lowest BCUT2D eigenvalue weighted by Crippen LogP contribution is -2.40. The van der Waals surface area contributed by atoms with Crippen LogP contribution in [-0.4, -0.2) is 31.4 Å². The van der Waals surface area contributed by atoms with Crippen LogP contribution >= 0.6 is 27.3 Å². The van der Waals surface area contributed by atoms with E-state index in [-0.39, 0.29) is 12.2 Å². The number of hydrogen-bond donors (Lipinski definition) is 0. The molecule has 9 heteroatoms. The molecule has 36 heavy (non-hydrogen) atoms. The highest BCUT2D eigenvalue weighted by Gasteiger charge is 2.33. The number of nitrogens with zero attached hydrogens (tertiary/aromatic N) is 2. The summed E-state index contributed by atoms with van der Waals surface area (Å²) in [6.45, 7) is 2.02. The zero-order chi connectivity index (χ0) is 25.8. The minimum Gasteiger partial charge on any atom is -0.493 e. The summed E-state index contributed by atoms with van der Waals surface area (Å²) in [5.74, 6) is 2.89. The molecule has 0 N–H and O–H groups in total. The Balaban J connectivity index is 1.94. The van der Waals surface area contributed by atoms with Gasteiger partial charge in [0.25, 0.3) is 5.56 Å². The van der Waals surface area contributed by atoms with Gasteiger partial charge in [0, 0.05) is 4.47 Å². The van der Waals surface area contributed by atoms with Crippen LogP contribution in [0.2, 0.25) is 0 Å². The highest BCUT2D eigenvalue weighted by atomic mass is 79.9. The number of halogens is 1. The third-order valence-electron chi connectivity index (χ3n) is 5.65. The molecular formula is C27H23BrN2O5S. The number of aromatic nitrogens is 1. The zero-order valence-electron chi connectivity index (χ0n) is 19.9. The molecule has 1 aliphatic rings. The van der Waals surface area contributed by atoms with Gasteiger partial charge >= 0.3 is 5.97 Å². The first-order chi connectivity index (χ1) is 17.4. The van der Waals surface area contributed by atoms with Gasteiger partial charge in [0.05, 0.1) is 36.1 Å². The first-order valence-electron chi connectivity index (χ1n) is 11.0. The van der Waals surface area contributed by atoms with Crippen LogP contribution in [0.25, 0.3) is 6.08 Å². The molecule has 0 aliphatic carbocycles. The first kappa shape index (κ1) is 25.5. The molecular weight excluding hydrogens is 544 g/mol. The molecule has 0 unspecified atom stereocenters. The number of thiazole rings is 1. The highest BCUT2D eigenvalue weighted by Crippen LogP contribution is 2.34. The van der Waals surface area contributed by atoms with Crippen LogP contribution < -0.4 is 24.4 Å². The Morgan fingerprint density at radius 2 is 2.00 bits per heavy atom. The molecule has 0 bridgehead atoms. The molecule has 1 aliphatic heterocycles. The number of ether oxygens (including phenoxy) is 3. The molecule has 1 aromatic heterocycles. The molecule has 2 aromatic carbocycles. The quantitative estimate of drug-likeness (QED) is 0.322. The Morgan fingerprint density at radius 1 is 1.25 bits per heavy atom. The maximum absolute atomic E-state index is 13.7. The Morgan fingerprint density at radius 3 is 2.64 bits per heavy atom. The van der Waals surface area contributed by atoms with Crippen molar-refractivity contribution in [2.24, 2.45) is 4.99 Å². The third kappa shape index (κ3) is 4.74. The number of esters is 1. The molecule has 184 valence electrons. The van der Waals surface area contributed by atoms with Crippen molar-refractivity contribution in [1.82, 2.24) is 4.57 Å². The summed E-state index contributed by atoms with van der Waals surface area (Å²) < 4.78 is 18.8. The summed E-state index contributed by atoms with van der Waals surface area (Å²) in [7, 11) is 2.86. The maximum Gasteiger partial charge on any atom is 0.338 e. The van der Waals surface area contributed by atoms with E-state index in [4.69, 9.17) is 20.6 Å². The van der Waals surface area contributed by atoms with Gasteiger partial charge in [-0.25, -0.2) is 9.79 Å². The SMILES string of the molecule is C#CCOc1cc(Br)c(/C=c2\sc3n(c2=O)[C@@H](c2ccccc2)C(C(=O)OC)=C(CC)N=3)cc1OC. The Bertz CT molecular complexity index is 1560. The molecule has 1 atom stereocenters. The van der Waals surface area contributed by atoms with Gasteiger partial charge in [-0.15, -0.1) is 6.42 Å². The summed E-state index contributed by atoms with van der Waals surface area (Å²) in [4.78, 5) is 31.8. The van der Waals surface area contributed by atoms with E-state index in [1.807, 2.05) is 37.3 Å². The number of allylic oxidation sites excluding steroid dienone is 1. The summed E-state index contributed by atoms with van der Waals surface area (Å²) in [6, 6.07) is 12.3. The van der Waals surface area contributed by atoms with E-state index in [1.165, 1.54) is 25.6 Å². The van der Waals surface area contributed by atoms with E-state index >= 15 is 0 Å². The van der Waals surface area contributed by atoms with Crippen molar-refractivity contribution in [3.05, 3.63) is 89.0 Å². The fourth-order valence-electron chi connectivity index (χ4n) is 4.01. The molecule has 7 nitrogen and oxygen atoms in total. The number of hydrogen-bond acceptors (Lipinski definition) is 7. The molecule has 4 rings (SSSR count). The van der Waals surface area contributed by atoms with Gasteiger partial charge in [-0.2, -0.15) is 0 Å². The fraction of sp³-hybridized carbons (Fsp3) is 0.222. The van der Waals surface area contributed by atoms with Crippen molar-refractivity contribution in [2.45, 2.75) is 19.4 Å². The van der Waals surface area contributed by atoms with Crippen molar-refractivity contribution in [3.63, 3.8) is 0 Å². The molecule has 0 saturated carbocycles. The normalized spacial score (nSPS) is 15.1. The van der Waals surface area contributed by atoms with Gasteiger partial charge in [0.2, 0.25) is 0 Å². The molecule has 2 heterocycles. The lowest BCUT2D eigenvalue weighted by atomic mass is 9.95. The molecule has 0 spiro atoms. The lowest BCUT2D eigenvalue weighted by Gasteiger charge is -2.25. The number of methoxy groups -OCH3 is 2. The molecule has 0 fully saturated rings. The van der Waals surface area contributed by atoms with E-state index in [0.29, 0.717) is 48.6 Å². The van der Waals surface area contributed by atoms with Crippen LogP contribution in [0.15, 0.2) is 68.0 Å². The number of benzene rings is 2. The first-order valence-corrected chi connectivity index (χ1v) is 12.7. The number of fused-ring (bicyclic) bond motifs is 1. The van der Waals surface area contributed by atoms with E-state index in [9.17, 15) is 9.59 Å². The second-order valence-electron chi connectivity index (χ2n) is 7.72. The van der Waals surface area contributed by atoms with E-state index in [2.05, 4.69) is 26.8 Å². The molecule has 0 radical (unpaired) electrons. The summed E-state index contributed by atoms with van der Waals surface area (Å²) in [5.41, 5.74) is 2.21. The van der Waals surface area contributed by atoms with E-state index in [1.54, 1.807) is 22.8 Å². The molecule has 0 saturated heterocycles. The summed E-state index contributed by atoms with van der Waals surface area (Å²) >= 11 is 4.81. The smallest absolute Gasteiger partial charge is 0.338 e. The zero-order valence-corrected chi connectivity index (χ0v) is 22.3. The van der Waals surface area contributed by atoms with Gasteiger partial charge in [-0.3, -0.25) is 9.36 Å². The number of terminal acetylenes is 1. The highest BCUT2D eigenvalue weighted by molar-refractivity contribution is 9.10. The minimum absolute atomic E-state index is 0.0997. The van der Waals surface area contributed by atoms with Crippen LogP contribution in [0.1, 0.15) is 30.5 Å². The Labute approximate surface area is 220 Å². The Hall–Kier alpha value is -3.61. The molecule has 3 aromatic rings.